The number of tetrazole rings is 1. The fraction of sp³-hybridized carbons (Fsp3) is 0.360. The van der Waals surface area contributed by atoms with E-state index < -0.39 is 6.10 Å². The first kappa shape index (κ1) is 23.3. The Morgan fingerprint density at radius 2 is 2.03 bits per heavy atom. The van der Waals surface area contributed by atoms with Gasteiger partial charge in [-0.05, 0) is 55.7 Å². The number of nitrogens with zero attached hydrogens (tertiary/aromatic N) is 3. The fourth-order valence-electron chi connectivity index (χ4n) is 3.65. The lowest BCUT2D eigenvalue weighted by Crippen LogP contribution is -2.14. The molecular weight excluding hydrogens is 434 g/mol. The maximum atomic E-state index is 12.9. The number of hydrogen-bond donors (Lipinski definition) is 2. The molecule has 2 N–H and O–H groups in total. The van der Waals surface area contributed by atoms with Gasteiger partial charge in [0, 0.05) is 12.0 Å². The summed E-state index contributed by atoms with van der Waals surface area (Å²) in [7, 11) is 0. The molecule has 0 aliphatic carbocycles. The van der Waals surface area contributed by atoms with Crippen LogP contribution < -0.4 is 19.5 Å². The lowest BCUT2D eigenvalue weighted by molar-refractivity contribution is 0.102. The number of aromatic nitrogens is 4. The summed E-state index contributed by atoms with van der Waals surface area (Å²) in [6.45, 7) is 4.83. The second-order valence-corrected chi connectivity index (χ2v) is 7.96. The number of rotatable bonds is 11. The average molecular weight is 464 g/mol. The van der Waals surface area contributed by atoms with E-state index in [4.69, 9.17) is 14.2 Å². The lowest BCUT2D eigenvalue weighted by Gasteiger charge is -2.16. The molecule has 0 radical (unpaired) electrons. The van der Waals surface area contributed by atoms with Crippen LogP contribution in [-0.4, -0.2) is 39.7 Å². The topological polar surface area (TPSA) is 111 Å². The molecule has 4 rings (SSSR count). The highest BCUT2D eigenvalue weighted by Gasteiger charge is 2.26. The summed E-state index contributed by atoms with van der Waals surface area (Å²) < 4.78 is 17.7. The van der Waals surface area contributed by atoms with Crippen LogP contribution in [0.3, 0.4) is 0 Å². The molecular formula is C25H29N5O4. The van der Waals surface area contributed by atoms with Gasteiger partial charge in [0.05, 0.1) is 18.9 Å². The van der Waals surface area contributed by atoms with Gasteiger partial charge < -0.3 is 19.5 Å². The maximum Gasteiger partial charge on any atom is 0.255 e. The molecule has 2 aromatic carbocycles. The highest BCUT2D eigenvalue weighted by molar-refractivity contribution is 6.05. The number of hydrogen-bond acceptors (Lipinski definition) is 7. The van der Waals surface area contributed by atoms with Crippen molar-refractivity contribution in [3.8, 4) is 17.2 Å². The number of ether oxygens (including phenoxy) is 3. The molecule has 0 fully saturated rings. The zero-order chi connectivity index (χ0) is 23.6. The zero-order valence-corrected chi connectivity index (χ0v) is 19.0. The molecule has 9 heteroatoms. The molecule has 1 aliphatic heterocycles. The normalized spacial score (nSPS) is 14.8. The van der Waals surface area contributed by atoms with E-state index >= 15 is 0 Å². The van der Waals surface area contributed by atoms with E-state index in [9.17, 15) is 4.79 Å². The Morgan fingerprint density at radius 3 is 2.82 bits per heavy atom. The fourth-order valence-corrected chi connectivity index (χ4v) is 3.65. The van der Waals surface area contributed by atoms with Gasteiger partial charge in [0.15, 0.2) is 17.6 Å². The van der Waals surface area contributed by atoms with Crippen molar-refractivity contribution < 1.29 is 19.0 Å². The second-order valence-electron chi connectivity index (χ2n) is 7.96. The number of anilines is 1. The predicted molar refractivity (Wildman–Crippen MR) is 127 cm³/mol. The highest BCUT2D eigenvalue weighted by atomic mass is 16.5. The minimum atomic E-state index is -0.434. The van der Waals surface area contributed by atoms with Crippen LogP contribution >= 0.6 is 0 Å². The van der Waals surface area contributed by atoms with E-state index in [0.29, 0.717) is 48.2 Å². The van der Waals surface area contributed by atoms with Crippen molar-refractivity contribution in [2.24, 2.45) is 0 Å². The molecule has 2 heterocycles. The summed E-state index contributed by atoms with van der Waals surface area (Å²) in [5.74, 6) is 1.92. The van der Waals surface area contributed by atoms with Crippen molar-refractivity contribution >= 4 is 11.6 Å². The molecule has 9 nitrogen and oxygen atoms in total. The van der Waals surface area contributed by atoms with E-state index in [1.807, 2.05) is 18.2 Å². The number of nitrogens with one attached hydrogen (secondary N) is 2. The summed E-state index contributed by atoms with van der Waals surface area (Å²) >= 11 is 0. The number of para-hydroxylation sites is 1. The van der Waals surface area contributed by atoms with Crippen molar-refractivity contribution in [2.75, 3.05) is 18.5 Å². The Kier molecular flexibility index (Phi) is 8.10. The van der Waals surface area contributed by atoms with Crippen LogP contribution in [0.2, 0.25) is 0 Å². The highest BCUT2D eigenvalue weighted by Crippen LogP contribution is 2.41. The summed E-state index contributed by atoms with van der Waals surface area (Å²) in [5, 5.41) is 17.0. The van der Waals surface area contributed by atoms with Gasteiger partial charge in [0.25, 0.3) is 5.91 Å². The van der Waals surface area contributed by atoms with Crippen LogP contribution in [0.1, 0.15) is 60.8 Å². The third-order valence-corrected chi connectivity index (χ3v) is 5.46. The van der Waals surface area contributed by atoms with Gasteiger partial charge in [0.2, 0.25) is 5.82 Å². The van der Waals surface area contributed by atoms with Crippen molar-refractivity contribution in [2.45, 2.75) is 44.6 Å². The summed E-state index contributed by atoms with van der Waals surface area (Å²) in [6.07, 6.45) is 7.63. The van der Waals surface area contributed by atoms with Gasteiger partial charge >= 0.3 is 0 Å². The number of carbonyl (C=O) groups excluding carboxylic acids is 1. The van der Waals surface area contributed by atoms with Crippen molar-refractivity contribution in [3.05, 3.63) is 66.5 Å². The number of H-pyrrole nitrogens is 1. The minimum absolute atomic E-state index is 0.258. The van der Waals surface area contributed by atoms with Crippen LogP contribution in [0.25, 0.3) is 0 Å². The van der Waals surface area contributed by atoms with E-state index in [0.717, 1.165) is 25.0 Å². The smallest absolute Gasteiger partial charge is 0.255 e. The first-order valence-corrected chi connectivity index (χ1v) is 11.6. The molecule has 3 aromatic rings. The number of allylic oxidation sites excluding steroid dienone is 1. The Balaban J connectivity index is 1.35. The molecule has 0 saturated carbocycles. The summed E-state index contributed by atoms with van der Waals surface area (Å²) in [6, 6.07) is 12.5. The third-order valence-electron chi connectivity index (χ3n) is 5.46. The lowest BCUT2D eigenvalue weighted by atomic mass is 10.1. The summed E-state index contributed by atoms with van der Waals surface area (Å²) in [5.41, 5.74) is 1.02. The first-order chi connectivity index (χ1) is 16.7. The largest absolute Gasteiger partial charge is 0.494 e. The van der Waals surface area contributed by atoms with Gasteiger partial charge in [-0.25, -0.2) is 0 Å². The van der Waals surface area contributed by atoms with Crippen LogP contribution in [-0.2, 0) is 0 Å². The molecule has 1 amide bonds. The number of amides is 1. The van der Waals surface area contributed by atoms with E-state index in [-0.39, 0.29) is 5.91 Å². The van der Waals surface area contributed by atoms with Gasteiger partial charge in [-0.1, -0.05) is 30.2 Å². The number of aromatic amines is 1. The maximum absolute atomic E-state index is 12.9. The van der Waals surface area contributed by atoms with Crippen molar-refractivity contribution in [1.82, 2.24) is 20.6 Å². The third kappa shape index (κ3) is 6.12. The molecule has 1 aliphatic rings. The van der Waals surface area contributed by atoms with Crippen molar-refractivity contribution in [1.29, 1.82) is 0 Å². The van der Waals surface area contributed by atoms with Crippen molar-refractivity contribution in [3.63, 3.8) is 0 Å². The molecule has 1 aromatic heterocycles. The zero-order valence-electron chi connectivity index (χ0n) is 19.0. The van der Waals surface area contributed by atoms with Gasteiger partial charge in [-0.3, -0.25) is 4.79 Å². The Labute approximate surface area is 198 Å². The Hall–Kier alpha value is -3.88. The molecule has 1 unspecified atom stereocenters. The standard InChI is InChI=1S/C25H29N5O4/c1-2-3-4-5-6-7-16-32-19-13-11-18(12-14-19)25(31)26-20-9-8-10-21-23(20)34-22(15-17-33-21)24-27-29-30-28-24/h2,8-14,22H,1,3-7,15-17H2,(H,26,31)(H,27,28,29,30). The quantitative estimate of drug-likeness (QED) is 0.308. The van der Waals surface area contributed by atoms with Crippen LogP contribution in [0, 0.1) is 0 Å². The van der Waals surface area contributed by atoms with Crippen LogP contribution in [0.15, 0.2) is 55.1 Å². The van der Waals surface area contributed by atoms with E-state index in [1.165, 1.54) is 12.8 Å². The van der Waals surface area contributed by atoms with Crippen LogP contribution in [0.5, 0.6) is 17.2 Å². The van der Waals surface area contributed by atoms with E-state index in [1.54, 1.807) is 30.3 Å². The average Bonchev–Trinajstić information content (AvgIpc) is 3.31. The number of fused-ring (bicyclic) bond motifs is 1. The SMILES string of the molecule is C=CCCCCCCOc1ccc(C(=O)Nc2cccc3c2OC(c2nn[nH]n2)CCO3)cc1. The molecule has 0 saturated heterocycles. The van der Waals surface area contributed by atoms with Gasteiger partial charge in [-0.15, -0.1) is 16.8 Å². The summed E-state index contributed by atoms with van der Waals surface area (Å²) in [4.78, 5) is 12.9. The molecule has 34 heavy (non-hydrogen) atoms. The van der Waals surface area contributed by atoms with Gasteiger partial charge in [0.1, 0.15) is 5.75 Å². The number of carbonyl (C=O) groups is 1. The Bertz CT molecular complexity index is 1070. The van der Waals surface area contributed by atoms with Crippen LogP contribution in [0.4, 0.5) is 5.69 Å². The predicted octanol–water partition coefficient (Wildman–Crippen LogP) is 4.87. The monoisotopic (exact) mass is 463 g/mol. The molecule has 178 valence electrons. The second kappa shape index (κ2) is 11.8. The number of unbranched alkanes of at least 4 members (excludes halogenated alkanes) is 4. The number of benzene rings is 2. The van der Waals surface area contributed by atoms with E-state index in [2.05, 4.69) is 32.5 Å². The Morgan fingerprint density at radius 1 is 1.18 bits per heavy atom. The van der Waals surface area contributed by atoms with Gasteiger partial charge in [-0.2, -0.15) is 5.21 Å². The minimum Gasteiger partial charge on any atom is -0.494 e. The molecule has 0 bridgehead atoms. The molecule has 1 atom stereocenters. The molecule has 0 spiro atoms. The first-order valence-electron chi connectivity index (χ1n) is 11.6.